The summed E-state index contributed by atoms with van der Waals surface area (Å²) in [6, 6.07) is 2.50. The average Bonchev–Trinajstić information content (AvgIpc) is 2.38. The SMILES string of the molecule is CSCCC(C)NS(=O)(=O)c1cc(CN)cc(F)c1C. The van der Waals surface area contributed by atoms with Crippen molar-refractivity contribution in [3.05, 3.63) is 29.1 Å². The van der Waals surface area contributed by atoms with Gasteiger partial charge in [0.2, 0.25) is 10.0 Å². The van der Waals surface area contributed by atoms with Crippen molar-refractivity contribution in [2.45, 2.75) is 37.8 Å². The van der Waals surface area contributed by atoms with Gasteiger partial charge in [-0.15, -0.1) is 0 Å². The van der Waals surface area contributed by atoms with Crippen LogP contribution in [-0.2, 0) is 16.6 Å². The van der Waals surface area contributed by atoms with Gasteiger partial charge in [0.1, 0.15) is 5.82 Å². The molecule has 0 radical (unpaired) electrons. The second-order valence-corrected chi connectivity index (χ2v) is 7.38. The Kier molecular flexibility index (Phi) is 6.44. The van der Waals surface area contributed by atoms with Crippen LogP contribution >= 0.6 is 11.8 Å². The van der Waals surface area contributed by atoms with Crippen LogP contribution in [0.5, 0.6) is 0 Å². The fourth-order valence-corrected chi connectivity index (χ4v) is 3.96. The van der Waals surface area contributed by atoms with Crippen LogP contribution in [0.25, 0.3) is 0 Å². The second kappa shape index (κ2) is 7.40. The maximum Gasteiger partial charge on any atom is 0.241 e. The molecule has 0 aliphatic carbocycles. The van der Waals surface area contributed by atoms with Gasteiger partial charge in [0.05, 0.1) is 4.90 Å². The molecular weight excluding hydrogens is 299 g/mol. The average molecular weight is 320 g/mol. The van der Waals surface area contributed by atoms with E-state index in [4.69, 9.17) is 5.73 Å². The van der Waals surface area contributed by atoms with Crippen LogP contribution < -0.4 is 10.5 Å². The van der Waals surface area contributed by atoms with E-state index < -0.39 is 15.8 Å². The quantitative estimate of drug-likeness (QED) is 0.806. The van der Waals surface area contributed by atoms with E-state index in [2.05, 4.69) is 4.72 Å². The minimum absolute atomic E-state index is 0.0334. The second-order valence-electron chi connectivity index (χ2n) is 4.71. The topological polar surface area (TPSA) is 72.2 Å². The maximum atomic E-state index is 13.7. The van der Waals surface area contributed by atoms with Gasteiger partial charge in [0, 0.05) is 18.2 Å². The molecule has 0 aliphatic heterocycles. The van der Waals surface area contributed by atoms with Gasteiger partial charge in [0.25, 0.3) is 0 Å². The van der Waals surface area contributed by atoms with Crippen molar-refractivity contribution in [3.8, 4) is 0 Å². The number of thioether (sulfide) groups is 1. The van der Waals surface area contributed by atoms with E-state index in [1.54, 1.807) is 18.7 Å². The van der Waals surface area contributed by atoms with E-state index in [0.717, 1.165) is 12.2 Å². The minimum Gasteiger partial charge on any atom is -0.326 e. The lowest BCUT2D eigenvalue weighted by Crippen LogP contribution is -2.33. The summed E-state index contributed by atoms with van der Waals surface area (Å²) in [7, 11) is -3.73. The lowest BCUT2D eigenvalue weighted by molar-refractivity contribution is 0.552. The molecule has 1 aromatic carbocycles. The molecule has 7 heteroatoms. The van der Waals surface area contributed by atoms with Gasteiger partial charge in [-0.2, -0.15) is 11.8 Å². The van der Waals surface area contributed by atoms with E-state index in [-0.39, 0.29) is 23.0 Å². The van der Waals surface area contributed by atoms with Crippen molar-refractivity contribution in [1.29, 1.82) is 0 Å². The van der Waals surface area contributed by atoms with Gasteiger partial charge in [0.15, 0.2) is 0 Å². The van der Waals surface area contributed by atoms with Gasteiger partial charge < -0.3 is 5.73 Å². The Labute approximate surface area is 124 Å². The van der Waals surface area contributed by atoms with Crippen LogP contribution in [0, 0.1) is 12.7 Å². The minimum atomic E-state index is -3.73. The Morgan fingerprint density at radius 2 is 2.10 bits per heavy atom. The predicted octanol–water partition coefficient (Wildman–Crippen LogP) is 2.01. The summed E-state index contributed by atoms with van der Waals surface area (Å²) in [4.78, 5) is -0.0334. The lowest BCUT2D eigenvalue weighted by atomic mass is 10.1. The van der Waals surface area contributed by atoms with Gasteiger partial charge in [-0.3, -0.25) is 0 Å². The highest BCUT2D eigenvalue weighted by molar-refractivity contribution is 7.98. The molecule has 4 nitrogen and oxygen atoms in total. The maximum absolute atomic E-state index is 13.7. The molecule has 0 saturated carbocycles. The van der Waals surface area contributed by atoms with Gasteiger partial charge in [-0.1, -0.05) is 0 Å². The first-order valence-electron chi connectivity index (χ1n) is 6.32. The van der Waals surface area contributed by atoms with Crippen molar-refractivity contribution in [2.24, 2.45) is 5.73 Å². The summed E-state index contributed by atoms with van der Waals surface area (Å²) < 4.78 is 41.0. The summed E-state index contributed by atoms with van der Waals surface area (Å²) >= 11 is 1.65. The Hall–Kier alpha value is -0.630. The van der Waals surface area contributed by atoms with Crippen LogP contribution in [-0.4, -0.2) is 26.5 Å². The molecular formula is C13H21FN2O2S2. The summed E-state index contributed by atoms with van der Waals surface area (Å²) in [6.45, 7) is 3.35. The number of halogens is 1. The number of hydrogen-bond acceptors (Lipinski definition) is 4. The van der Waals surface area contributed by atoms with Gasteiger partial charge in [-0.25, -0.2) is 17.5 Å². The molecule has 1 atom stereocenters. The first kappa shape index (κ1) is 17.4. The van der Waals surface area contributed by atoms with Crippen molar-refractivity contribution in [1.82, 2.24) is 4.72 Å². The van der Waals surface area contributed by atoms with Crippen molar-refractivity contribution in [2.75, 3.05) is 12.0 Å². The lowest BCUT2D eigenvalue weighted by Gasteiger charge is -2.16. The number of benzene rings is 1. The number of rotatable bonds is 7. The van der Waals surface area contributed by atoms with E-state index >= 15 is 0 Å². The zero-order valence-corrected chi connectivity index (χ0v) is 13.6. The highest BCUT2D eigenvalue weighted by Gasteiger charge is 2.21. The van der Waals surface area contributed by atoms with Crippen LogP contribution in [0.15, 0.2) is 17.0 Å². The molecule has 0 amide bonds. The monoisotopic (exact) mass is 320 g/mol. The smallest absolute Gasteiger partial charge is 0.241 e. The highest BCUT2D eigenvalue weighted by Crippen LogP contribution is 2.21. The molecule has 0 aromatic heterocycles. The number of hydrogen-bond donors (Lipinski definition) is 2. The molecule has 1 unspecified atom stereocenters. The Morgan fingerprint density at radius 1 is 1.45 bits per heavy atom. The molecule has 20 heavy (non-hydrogen) atoms. The Balaban J connectivity index is 3.06. The fourth-order valence-electron chi connectivity index (χ4n) is 1.79. The largest absolute Gasteiger partial charge is 0.326 e. The first-order chi connectivity index (χ1) is 9.31. The standard InChI is InChI=1S/C13H21FN2O2S2/c1-9(4-5-19-3)16-20(17,18)13-7-11(8-15)6-12(14)10(13)2/h6-7,9,16H,4-5,8,15H2,1-3H3. The van der Waals surface area contributed by atoms with E-state index in [0.29, 0.717) is 5.56 Å². The fraction of sp³-hybridized carbons (Fsp3) is 0.538. The van der Waals surface area contributed by atoms with Crippen LogP contribution in [0.1, 0.15) is 24.5 Å². The van der Waals surface area contributed by atoms with Crippen molar-refractivity contribution < 1.29 is 12.8 Å². The Bertz CT molecular complexity index is 562. The van der Waals surface area contributed by atoms with E-state index in [9.17, 15) is 12.8 Å². The van der Waals surface area contributed by atoms with Gasteiger partial charge >= 0.3 is 0 Å². The number of nitrogens with two attached hydrogens (primary N) is 1. The molecule has 0 spiro atoms. The molecule has 0 aliphatic rings. The zero-order chi connectivity index (χ0) is 15.3. The molecule has 114 valence electrons. The molecule has 0 bridgehead atoms. The summed E-state index contributed by atoms with van der Waals surface area (Å²) in [6.07, 6.45) is 2.68. The molecule has 0 fully saturated rings. The summed E-state index contributed by atoms with van der Waals surface area (Å²) in [5.41, 5.74) is 6.04. The molecule has 3 N–H and O–H groups in total. The number of sulfonamides is 1. The van der Waals surface area contributed by atoms with Crippen LogP contribution in [0.3, 0.4) is 0 Å². The molecule has 1 aromatic rings. The van der Waals surface area contributed by atoms with Gasteiger partial charge in [-0.05, 0) is 50.0 Å². The summed E-state index contributed by atoms with van der Waals surface area (Å²) in [5.74, 6) is 0.310. The van der Waals surface area contributed by atoms with Crippen LogP contribution in [0.4, 0.5) is 4.39 Å². The first-order valence-corrected chi connectivity index (χ1v) is 9.20. The molecule has 0 saturated heterocycles. The molecule has 0 heterocycles. The number of nitrogens with one attached hydrogen (secondary N) is 1. The van der Waals surface area contributed by atoms with E-state index in [1.165, 1.54) is 19.1 Å². The third-order valence-electron chi connectivity index (χ3n) is 2.99. The third-order valence-corrected chi connectivity index (χ3v) is 5.35. The van der Waals surface area contributed by atoms with E-state index in [1.807, 2.05) is 6.26 Å². The van der Waals surface area contributed by atoms with Crippen molar-refractivity contribution >= 4 is 21.8 Å². The predicted molar refractivity (Wildman–Crippen MR) is 81.8 cm³/mol. The zero-order valence-electron chi connectivity index (χ0n) is 11.9. The molecule has 1 rings (SSSR count). The highest BCUT2D eigenvalue weighted by atomic mass is 32.2. The van der Waals surface area contributed by atoms with Crippen molar-refractivity contribution in [3.63, 3.8) is 0 Å². The normalized spacial score (nSPS) is 13.4. The Morgan fingerprint density at radius 3 is 2.65 bits per heavy atom. The summed E-state index contributed by atoms with van der Waals surface area (Å²) in [5, 5.41) is 0. The van der Waals surface area contributed by atoms with Crippen LogP contribution in [0.2, 0.25) is 0 Å². The third kappa shape index (κ3) is 4.44.